The molecule has 132 valence electrons. The first kappa shape index (κ1) is 22.2. The topological polar surface area (TPSA) is 86.1 Å². The highest BCUT2D eigenvalue weighted by molar-refractivity contribution is 9.08. The molecule has 1 aromatic carbocycles. The van der Waals surface area contributed by atoms with E-state index in [4.69, 9.17) is 69.9 Å². The van der Waals surface area contributed by atoms with Gasteiger partial charge in [-0.05, 0) is 0 Å². The van der Waals surface area contributed by atoms with Crippen molar-refractivity contribution in [2.24, 2.45) is 0 Å². The molecular weight excluding hydrogens is 587 g/mol. The minimum atomic E-state index is -0.810. The number of hydrogen-bond acceptors (Lipinski definition) is 4. The van der Waals surface area contributed by atoms with Crippen LogP contribution in [0.2, 0.25) is 25.1 Å². The first-order valence-electron chi connectivity index (χ1n) is 5.15. The molecule has 0 aliphatic rings. The molecule has 1 aromatic heterocycles. The van der Waals surface area contributed by atoms with E-state index in [-0.39, 0.29) is 30.9 Å². The molecule has 0 atom stereocenters. The lowest BCUT2D eigenvalue weighted by atomic mass is 10.3. The zero-order valence-electron chi connectivity index (χ0n) is 10.6. The Morgan fingerprint density at radius 2 is 1.08 bits per heavy atom. The molecule has 2 aromatic rings. The van der Waals surface area contributed by atoms with Crippen LogP contribution in [0.4, 0.5) is 0 Å². The SMILES string of the molecule is ClOc1c(Cl)c(Cl)c(Cl)c(Cl)c1Cl.O=c1[nH]c(=O)n(Br)c(=O)n1Br. The fourth-order valence-corrected chi connectivity index (χ4v) is 3.23. The second-order valence-corrected chi connectivity index (χ2v) is 7.02. The molecule has 0 spiro atoms. The molecule has 0 aliphatic carbocycles. The van der Waals surface area contributed by atoms with Crippen LogP contribution < -0.4 is 21.4 Å². The zero-order chi connectivity index (χ0) is 18.8. The number of hydrogen-bond donors (Lipinski definition) is 1. The van der Waals surface area contributed by atoms with Gasteiger partial charge in [-0.3, -0.25) is 4.98 Å². The van der Waals surface area contributed by atoms with Crippen LogP contribution in [0.1, 0.15) is 0 Å². The maximum atomic E-state index is 10.8. The average molecular weight is 588 g/mol. The lowest BCUT2D eigenvalue weighted by Gasteiger charge is -2.08. The molecule has 0 unspecified atom stereocenters. The molecule has 0 radical (unpaired) electrons. The van der Waals surface area contributed by atoms with Crippen molar-refractivity contribution in [2.45, 2.75) is 0 Å². The minimum Gasteiger partial charge on any atom is -0.382 e. The van der Waals surface area contributed by atoms with Crippen molar-refractivity contribution in [3.8, 4) is 5.75 Å². The Kier molecular flexibility index (Phi) is 8.48. The van der Waals surface area contributed by atoms with E-state index >= 15 is 0 Å². The Morgan fingerprint density at radius 3 is 1.42 bits per heavy atom. The molecule has 24 heavy (non-hydrogen) atoms. The van der Waals surface area contributed by atoms with E-state index in [1.165, 1.54) is 0 Å². The predicted octanol–water partition coefficient (Wildman–Crippen LogP) is 4.50. The van der Waals surface area contributed by atoms with E-state index < -0.39 is 17.1 Å². The number of rotatable bonds is 1. The van der Waals surface area contributed by atoms with Gasteiger partial charge in [-0.15, -0.1) is 0 Å². The summed E-state index contributed by atoms with van der Waals surface area (Å²) in [6, 6.07) is 0. The largest absolute Gasteiger partial charge is 0.382 e. The van der Waals surface area contributed by atoms with Crippen LogP contribution in [-0.4, -0.2) is 12.2 Å². The summed E-state index contributed by atoms with van der Waals surface area (Å²) in [4.78, 5) is 34.0. The smallest absolute Gasteiger partial charge is 0.357 e. The monoisotopic (exact) mass is 583 g/mol. The van der Waals surface area contributed by atoms with Crippen LogP contribution in [0, 0.1) is 0 Å². The third-order valence-electron chi connectivity index (χ3n) is 2.15. The van der Waals surface area contributed by atoms with Crippen LogP contribution in [0.25, 0.3) is 0 Å². The van der Waals surface area contributed by atoms with E-state index in [9.17, 15) is 14.4 Å². The Balaban J connectivity index is 0.000000243. The molecule has 15 heteroatoms. The third-order valence-corrected chi connectivity index (χ3v) is 5.80. The molecule has 0 amide bonds. The van der Waals surface area contributed by atoms with E-state index in [1.54, 1.807) is 0 Å². The van der Waals surface area contributed by atoms with Crippen molar-refractivity contribution in [3.63, 3.8) is 0 Å². The summed E-state index contributed by atoms with van der Waals surface area (Å²) in [6.07, 6.45) is 0. The number of halogens is 8. The number of nitrogens with one attached hydrogen (secondary N) is 1. The van der Waals surface area contributed by atoms with Gasteiger partial charge >= 0.3 is 17.1 Å². The lowest BCUT2D eigenvalue weighted by Crippen LogP contribution is -2.42. The van der Waals surface area contributed by atoms with E-state index in [0.717, 1.165) is 0 Å². The first-order chi connectivity index (χ1) is 11.0. The standard InChI is InChI=1S/C6Cl6O.C3HBr2N3O3/c7-1-2(8)4(10)6(13-12)5(11)3(1)9;4-7-1(9)6-2(10)8(5)3(7)11/h;(H,6,9,10). The maximum absolute atomic E-state index is 10.8. The van der Waals surface area contributed by atoms with E-state index in [0.29, 0.717) is 7.19 Å². The molecule has 0 aliphatic heterocycles. The van der Waals surface area contributed by atoms with Gasteiger partial charge in [0.15, 0.2) is 5.75 Å². The first-order valence-corrected chi connectivity index (χ1v) is 8.77. The number of aromatic nitrogens is 3. The third kappa shape index (κ3) is 4.64. The summed E-state index contributed by atoms with van der Waals surface area (Å²) in [7, 11) is 0. The van der Waals surface area contributed by atoms with Crippen molar-refractivity contribution in [2.75, 3.05) is 0 Å². The summed E-state index contributed by atoms with van der Waals surface area (Å²) in [5, 5.41) is 0.213. The van der Waals surface area contributed by atoms with Gasteiger partial charge in [-0.1, -0.05) is 58.0 Å². The Hall–Kier alpha value is 0.130. The Morgan fingerprint density at radius 1 is 0.750 bits per heavy atom. The van der Waals surface area contributed by atoms with Crippen molar-refractivity contribution < 1.29 is 4.29 Å². The molecule has 0 saturated heterocycles. The van der Waals surface area contributed by atoms with E-state index in [2.05, 4.69) is 36.6 Å². The summed E-state index contributed by atoms with van der Waals surface area (Å²) in [5.41, 5.74) is -2.41. The van der Waals surface area contributed by atoms with Crippen LogP contribution in [-0.2, 0) is 0 Å². The summed E-state index contributed by atoms with van der Waals surface area (Å²) in [5.74, 6) is -0.00981. The highest BCUT2D eigenvalue weighted by atomic mass is 79.9. The zero-order valence-corrected chi connectivity index (χ0v) is 18.3. The van der Waals surface area contributed by atoms with Crippen LogP contribution >= 0.6 is 102 Å². The Bertz CT molecular complexity index is 890. The molecule has 0 fully saturated rings. The van der Waals surface area contributed by atoms with Gasteiger partial charge in [-0.25, -0.2) is 14.4 Å². The molecule has 0 bridgehead atoms. The molecule has 2 rings (SSSR count). The highest BCUT2D eigenvalue weighted by Crippen LogP contribution is 2.48. The van der Waals surface area contributed by atoms with Crippen molar-refractivity contribution in [1.82, 2.24) is 12.2 Å². The molecule has 7 nitrogen and oxygen atoms in total. The molecular formula is C9HBr2Cl6N3O4. The second kappa shape index (κ2) is 9.18. The lowest BCUT2D eigenvalue weighted by molar-refractivity contribution is 0.620. The van der Waals surface area contributed by atoms with Gasteiger partial charge in [0.05, 0.1) is 47.4 Å². The fourth-order valence-electron chi connectivity index (χ4n) is 1.09. The van der Waals surface area contributed by atoms with Gasteiger partial charge in [0, 0.05) is 0 Å². The van der Waals surface area contributed by atoms with Crippen molar-refractivity contribution in [3.05, 3.63) is 56.6 Å². The van der Waals surface area contributed by atoms with Gasteiger partial charge in [-0.2, -0.15) is 7.19 Å². The number of nitrogens with zero attached hydrogens (tertiary/aromatic N) is 2. The molecule has 1 heterocycles. The van der Waals surface area contributed by atoms with Crippen LogP contribution in [0.5, 0.6) is 5.75 Å². The summed E-state index contributed by atoms with van der Waals surface area (Å²) < 4.78 is 5.55. The number of aromatic amines is 1. The Labute approximate surface area is 179 Å². The van der Waals surface area contributed by atoms with Gasteiger partial charge in [0.25, 0.3) is 0 Å². The predicted molar refractivity (Wildman–Crippen MR) is 102 cm³/mol. The molecule has 0 saturated carbocycles. The summed E-state index contributed by atoms with van der Waals surface area (Å²) in [6.45, 7) is 0. The minimum absolute atomic E-state index is 0.00981. The van der Waals surface area contributed by atoms with Crippen LogP contribution in [0.15, 0.2) is 14.4 Å². The normalized spacial score (nSPS) is 10.2. The average Bonchev–Trinajstić information content (AvgIpc) is 2.56. The number of benzene rings is 1. The maximum Gasteiger partial charge on any atom is 0.357 e. The summed E-state index contributed by atoms with van der Waals surface area (Å²) >= 11 is 38.9. The van der Waals surface area contributed by atoms with Gasteiger partial charge in [0.1, 0.15) is 21.9 Å². The highest BCUT2D eigenvalue weighted by Gasteiger charge is 2.20. The quantitative estimate of drug-likeness (QED) is 0.393. The number of H-pyrrole nitrogens is 1. The van der Waals surface area contributed by atoms with Crippen molar-refractivity contribution in [1.29, 1.82) is 0 Å². The van der Waals surface area contributed by atoms with Gasteiger partial charge < -0.3 is 4.29 Å². The molecule has 1 N–H and O–H groups in total. The van der Waals surface area contributed by atoms with Crippen molar-refractivity contribution >= 4 is 102 Å². The van der Waals surface area contributed by atoms with Crippen LogP contribution in [0.3, 0.4) is 0 Å². The van der Waals surface area contributed by atoms with E-state index in [1.807, 2.05) is 4.98 Å². The second-order valence-electron chi connectivity index (χ2n) is 3.56. The van der Waals surface area contributed by atoms with Gasteiger partial charge in [0.2, 0.25) is 0 Å². The fraction of sp³-hybridized carbons (Fsp3) is 0.